The van der Waals surface area contributed by atoms with Crippen LogP contribution in [0.5, 0.6) is 0 Å². The fraction of sp³-hybridized carbons (Fsp3) is 0.323. The van der Waals surface area contributed by atoms with Crippen molar-refractivity contribution >= 4 is 49.0 Å². The van der Waals surface area contributed by atoms with Crippen LogP contribution in [0.2, 0.25) is 0 Å². The Morgan fingerprint density at radius 3 is 2.33 bits per heavy atom. The lowest BCUT2D eigenvalue weighted by molar-refractivity contribution is -0.643. The highest BCUT2D eigenvalue weighted by Crippen LogP contribution is 2.45. The maximum atomic E-state index is 2.63. The zero-order valence-electron chi connectivity index (χ0n) is 20.3. The molecule has 1 aliphatic rings. The number of aromatic nitrogens is 2. The number of fused-ring (bicyclic) bond motifs is 5. The zero-order chi connectivity index (χ0) is 22.6. The normalized spacial score (nSPS) is 15.4. The largest absolute Gasteiger partial charge is 0.307 e. The molecular weight excluding hydrogens is 400 g/mol. The van der Waals surface area contributed by atoms with E-state index in [4.69, 9.17) is 0 Å². The first-order valence-electron chi connectivity index (χ1n) is 12.5. The van der Waals surface area contributed by atoms with Gasteiger partial charge in [-0.25, -0.2) is 4.57 Å². The van der Waals surface area contributed by atoms with Crippen LogP contribution in [0.4, 0.5) is 0 Å². The van der Waals surface area contributed by atoms with E-state index in [1.54, 1.807) is 0 Å². The molecule has 0 bridgehead atoms. The standard InChI is InChI=1S/C31H31N2/c1-17-10-11-18(2)29-26(17)24-14-19(3)20(4)27-30(24)33(29)25-16-23(21-8-6-7-9-21)15-22-12-13-32(5)31(27)28(22)25/h10-16,21H,6-9H2,1-5H3/q+1. The second kappa shape index (κ2) is 6.47. The van der Waals surface area contributed by atoms with Gasteiger partial charge in [-0.3, -0.25) is 0 Å². The van der Waals surface area contributed by atoms with Crippen molar-refractivity contribution in [2.24, 2.45) is 7.05 Å². The van der Waals surface area contributed by atoms with Crippen molar-refractivity contribution in [3.63, 3.8) is 0 Å². The number of nitrogens with zero attached hydrogens (tertiary/aromatic N) is 2. The summed E-state index contributed by atoms with van der Waals surface area (Å²) in [7, 11) is 2.21. The average molecular weight is 432 g/mol. The molecule has 1 aliphatic carbocycles. The predicted molar refractivity (Wildman–Crippen MR) is 140 cm³/mol. The fourth-order valence-electron chi connectivity index (χ4n) is 6.87. The maximum absolute atomic E-state index is 2.63. The number of rotatable bonds is 1. The second-order valence-electron chi connectivity index (χ2n) is 10.6. The van der Waals surface area contributed by atoms with E-state index >= 15 is 0 Å². The van der Waals surface area contributed by atoms with Crippen LogP contribution in [-0.2, 0) is 7.05 Å². The van der Waals surface area contributed by atoms with Gasteiger partial charge in [0.25, 0.3) is 0 Å². The summed E-state index contributed by atoms with van der Waals surface area (Å²) in [5, 5.41) is 7.02. The number of hydrogen-bond acceptors (Lipinski definition) is 0. The van der Waals surface area contributed by atoms with Crippen LogP contribution in [0.3, 0.4) is 0 Å². The Labute approximate surface area is 194 Å². The topological polar surface area (TPSA) is 8.29 Å². The lowest BCUT2D eigenvalue weighted by Crippen LogP contribution is -2.29. The van der Waals surface area contributed by atoms with Gasteiger partial charge in [0.15, 0.2) is 6.20 Å². The molecule has 3 aromatic carbocycles. The molecule has 1 fully saturated rings. The average Bonchev–Trinajstić information content (AvgIpc) is 3.45. The van der Waals surface area contributed by atoms with E-state index in [0.29, 0.717) is 5.92 Å². The maximum Gasteiger partial charge on any atom is 0.224 e. The highest BCUT2D eigenvalue weighted by atomic mass is 15.0. The summed E-state index contributed by atoms with van der Waals surface area (Å²) in [6.45, 7) is 9.14. The van der Waals surface area contributed by atoms with Crippen LogP contribution in [0.25, 0.3) is 49.0 Å². The van der Waals surface area contributed by atoms with Crippen LogP contribution < -0.4 is 4.57 Å². The van der Waals surface area contributed by atoms with Gasteiger partial charge >= 0.3 is 0 Å². The van der Waals surface area contributed by atoms with E-state index in [2.05, 4.69) is 86.3 Å². The molecule has 0 spiro atoms. The molecule has 2 heteroatoms. The molecule has 33 heavy (non-hydrogen) atoms. The number of pyridine rings is 2. The minimum atomic E-state index is 0.698. The number of aryl methyl sites for hydroxylation is 5. The van der Waals surface area contributed by atoms with E-state index in [1.165, 1.54) is 102 Å². The third-order valence-corrected chi connectivity index (χ3v) is 8.67. The molecule has 7 rings (SSSR count). The van der Waals surface area contributed by atoms with Crippen molar-refractivity contribution < 1.29 is 4.57 Å². The van der Waals surface area contributed by atoms with Gasteiger partial charge in [-0.15, -0.1) is 0 Å². The fourth-order valence-corrected chi connectivity index (χ4v) is 6.87. The first-order chi connectivity index (χ1) is 16.0. The summed E-state index contributed by atoms with van der Waals surface area (Å²) in [6.07, 6.45) is 7.65. The third-order valence-electron chi connectivity index (χ3n) is 8.67. The Kier molecular flexibility index (Phi) is 3.79. The minimum absolute atomic E-state index is 0.698. The molecule has 3 heterocycles. The van der Waals surface area contributed by atoms with Crippen LogP contribution in [-0.4, -0.2) is 4.40 Å². The van der Waals surface area contributed by atoms with Gasteiger partial charge in [-0.1, -0.05) is 31.0 Å². The summed E-state index contributed by atoms with van der Waals surface area (Å²) in [6, 6.07) is 14.4. The summed E-state index contributed by atoms with van der Waals surface area (Å²) in [5.74, 6) is 0.698. The first kappa shape index (κ1) is 19.3. The molecule has 0 aliphatic heterocycles. The van der Waals surface area contributed by atoms with Gasteiger partial charge < -0.3 is 4.40 Å². The Hall–Kier alpha value is -3.13. The lowest BCUT2D eigenvalue weighted by Gasteiger charge is -2.17. The molecule has 164 valence electrons. The summed E-state index contributed by atoms with van der Waals surface area (Å²) in [4.78, 5) is 0. The Balaban J connectivity index is 1.87. The first-order valence-corrected chi connectivity index (χ1v) is 12.5. The van der Waals surface area contributed by atoms with E-state index in [-0.39, 0.29) is 0 Å². The molecule has 2 nitrogen and oxygen atoms in total. The zero-order valence-corrected chi connectivity index (χ0v) is 20.3. The van der Waals surface area contributed by atoms with E-state index in [1.807, 2.05) is 0 Å². The Morgan fingerprint density at radius 1 is 0.788 bits per heavy atom. The third kappa shape index (κ3) is 2.37. The SMILES string of the molecule is Cc1cc2c3c(C)ccc(C)c3n3c4cc(C5CCCC5)cc5cc[n+](C)c(c(c1C)c23)c54. The lowest BCUT2D eigenvalue weighted by atomic mass is 9.92. The van der Waals surface area contributed by atoms with Crippen LogP contribution in [0.1, 0.15) is 59.4 Å². The molecule has 1 saturated carbocycles. The van der Waals surface area contributed by atoms with Crippen molar-refractivity contribution in [1.29, 1.82) is 0 Å². The van der Waals surface area contributed by atoms with Gasteiger partial charge in [0.2, 0.25) is 5.52 Å². The smallest absolute Gasteiger partial charge is 0.224 e. The van der Waals surface area contributed by atoms with Gasteiger partial charge in [0, 0.05) is 16.8 Å². The van der Waals surface area contributed by atoms with Gasteiger partial charge in [-0.2, -0.15) is 0 Å². The highest BCUT2D eigenvalue weighted by molar-refractivity contribution is 6.26. The van der Waals surface area contributed by atoms with E-state index in [0.717, 1.165) is 0 Å². The number of benzene rings is 3. The van der Waals surface area contributed by atoms with Gasteiger partial charge in [0.05, 0.1) is 27.3 Å². The summed E-state index contributed by atoms with van der Waals surface area (Å²) in [5.41, 5.74) is 12.6. The Morgan fingerprint density at radius 2 is 1.55 bits per heavy atom. The van der Waals surface area contributed by atoms with Crippen LogP contribution in [0.15, 0.2) is 42.6 Å². The van der Waals surface area contributed by atoms with Crippen LogP contribution >= 0.6 is 0 Å². The van der Waals surface area contributed by atoms with E-state index in [9.17, 15) is 0 Å². The summed E-state index contributed by atoms with van der Waals surface area (Å²) < 4.78 is 4.98. The molecule has 0 unspecified atom stereocenters. The molecule has 0 saturated heterocycles. The Bertz CT molecular complexity index is 1760. The number of hydrogen-bond donors (Lipinski definition) is 0. The summed E-state index contributed by atoms with van der Waals surface area (Å²) >= 11 is 0. The van der Waals surface area contributed by atoms with Crippen molar-refractivity contribution in [1.82, 2.24) is 4.40 Å². The van der Waals surface area contributed by atoms with Crippen molar-refractivity contribution in [3.05, 3.63) is 70.4 Å². The van der Waals surface area contributed by atoms with Crippen LogP contribution in [0, 0.1) is 27.7 Å². The van der Waals surface area contributed by atoms with Gasteiger partial charge in [-0.05, 0) is 91.8 Å². The quantitative estimate of drug-likeness (QED) is 0.143. The monoisotopic (exact) mass is 431 g/mol. The van der Waals surface area contributed by atoms with Crippen molar-refractivity contribution in [2.45, 2.75) is 59.3 Å². The second-order valence-corrected chi connectivity index (χ2v) is 10.6. The molecule has 6 aromatic rings. The molecule has 0 radical (unpaired) electrons. The highest BCUT2D eigenvalue weighted by Gasteiger charge is 2.27. The molecular formula is C31H31N2+. The predicted octanol–water partition coefficient (Wildman–Crippen LogP) is 7.71. The van der Waals surface area contributed by atoms with Gasteiger partial charge in [0.1, 0.15) is 7.05 Å². The van der Waals surface area contributed by atoms with Crippen molar-refractivity contribution in [3.8, 4) is 0 Å². The molecule has 0 atom stereocenters. The molecule has 0 N–H and O–H groups in total. The minimum Gasteiger partial charge on any atom is -0.307 e. The van der Waals surface area contributed by atoms with Crippen molar-refractivity contribution in [2.75, 3.05) is 0 Å². The van der Waals surface area contributed by atoms with E-state index < -0.39 is 0 Å². The molecule has 0 amide bonds. The molecule has 3 aromatic heterocycles.